The maximum absolute atomic E-state index is 8.62. The third-order valence-electron chi connectivity index (χ3n) is 2.39. The molecular formula is C13H7Cl3N2. The summed E-state index contributed by atoms with van der Waals surface area (Å²) in [6, 6.07) is 9.04. The number of pyridine rings is 1. The quantitative estimate of drug-likeness (QED) is 0.800. The van der Waals surface area contributed by atoms with Gasteiger partial charge >= 0.3 is 0 Å². The first kappa shape index (κ1) is 13.2. The van der Waals surface area contributed by atoms with Crippen molar-refractivity contribution in [3.8, 4) is 17.3 Å². The molecule has 1 aromatic carbocycles. The maximum Gasteiger partial charge on any atom is 0.0903 e. The third kappa shape index (κ3) is 2.59. The predicted octanol–water partition coefficient (Wildman–Crippen LogP) is 4.77. The highest BCUT2D eigenvalue weighted by Gasteiger charge is 2.12. The van der Waals surface area contributed by atoms with Crippen LogP contribution in [0.1, 0.15) is 5.56 Å². The van der Waals surface area contributed by atoms with Gasteiger partial charge in [0, 0.05) is 11.8 Å². The first-order valence-electron chi connectivity index (χ1n) is 5.09. The SMILES string of the molecule is N#CCc1cnc(-c2cccc(Cl)c2Cl)c(Cl)c1. The van der Waals surface area contributed by atoms with Gasteiger partial charge in [-0.25, -0.2) is 0 Å². The highest BCUT2D eigenvalue weighted by atomic mass is 35.5. The molecule has 5 heteroatoms. The van der Waals surface area contributed by atoms with E-state index < -0.39 is 0 Å². The van der Waals surface area contributed by atoms with Crippen LogP contribution in [0.2, 0.25) is 15.1 Å². The molecule has 0 N–H and O–H groups in total. The van der Waals surface area contributed by atoms with Gasteiger partial charge in [-0.2, -0.15) is 5.26 Å². The summed E-state index contributed by atoms with van der Waals surface area (Å²) < 4.78 is 0. The second-order valence-corrected chi connectivity index (χ2v) is 4.80. The van der Waals surface area contributed by atoms with E-state index in [2.05, 4.69) is 4.98 Å². The van der Waals surface area contributed by atoms with Crippen LogP contribution in [0.5, 0.6) is 0 Å². The molecule has 0 atom stereocenters. The Hall–Kier alpha value is -1.27. The molecule has 90 valence electrons. The van der Waals surface area contributed by atoms with Crippen LogP contribution in [-0.4, -0.2) is 4.98 Å². The van der Waals surface area contributed by atoms with Crippen LogP contribution in [0.4, 0.5) is 0 Å². The number of benzene rings is 1. The van der Waals surface area contributed by atoms with Crippen molar-refractivity contribution in [3.05, 3.63) is 51.1 Å². The summed E-state index contributed by atoms with van der Waals surface area (Å²) in [5, 5.41) is 9.94. The smallest absolute Gasteiger partial charge is 0.0903 e. The van der Waals surface area contributed by atoms with Crippen LogP contribution < -0.4 is 0 Å². The van der Waals surface area contributed by atoms with Crippen LogP contribution in [0.3, 0.4) is 0 Å². The highest BCUT2D eigenvalue weighted by Crippen LogP contribution is 2.35. The second-order valence-electron chi connectivity index (χ2n) is 3.61. The zero-order valence-corrected chi connectivity index (χ0v) is 11.4. The van der Waals surface area contributed by atoms with Gasteiger partial charge in [0.2, 0.25) is 0 Å². The van der Waals surface area contributed by atoms with Crippen molar-refractivity contribution < 1.29 is 0 Å². The highest BCUT2D eigenvalue weighted by molar-refractivity contribution is 6.44. The molecule has 18 heavy (non-hydrogen) atoms. The Morgan fingerprint density at radius 2 is 1.94 bits per heavy atom. The van der Waals surface area contributed by atoms with Crippen molar-refractivity contribution >= 4 is 34.8 Å². The lowest BCUT2D eigenvalue weighted by Crippen LogP contribution is -1.90. The van der Waals surface area contributed by atoms with Crippen LogP contribution in [0, 0.1) is 11.3 Å². The molecule has 0 bridgehead atoms. The average molecular weight is 298 g/mol. The third-order valence-corrected chi connectivity index (χ3v) is 3.49. The fourth-order valence-electron chi connectivity index (χ4n) is 1.55. The number of nitriles is 1. The number of hydrogen-bond acceptors (Lipinski definition) is 2. The Kier molecular flexibility index (Phi) is 4.08. The van der Waals surface area contributed by atoms with E-state index in [1.807, 2.05) is 6.07 Å². The van der Waals surface area contributed by atoms with Crippen LogP contribution in [0.25, 0.3) is 11.3 Å². The Morgan fingerprint density at radius 3 is 2.61 bits per heavy atom. The van der Waals surface area contributed by atoms with Gasteiger partial charge < -0.3 is 0 Å². The number of nitrogens with zero attached hydrogens (tertiary/aromatic N) is 2. The topological polar surface area (TPSA) is 36.7 Å². The lowest BCUT2D eigenvalue weighted by Gasteiger charge is -2.07. The summed E-state index contributed by atoms with van der Waals surface area (Å²) >= 11 is 18.2. The summed E-state index contributed by atoms with van der Waals surface area (Å²) in [7, 11) is 0. The van der Waals surface area contributed by atoms with Gasteiger partial charge in [0.05, 0.1) is 33.3 Å². The van der Waals surface area contributed by atoms with Gasteiger partial charge in [-0.1, -0.05) is 46.9 Å². The van der Waals surface area contributed by atoms with E-state index >= 15 is 0 Å². The van der Waals surface area contributed by atoms with Crippen molar-refractivity contribution in [2.45, 2.75) is 6.42 Å². The molecule has 0 unspecified atom stereocenters. The molecule has 2 rings (SSSR count). The standard InChI is InChI=1S/C13H7Cl3N2/c14-10-3-1-2-9(12(10)16)13-11(15)6-8(4-5-17)7-18-13/h1-3,6-7H,4H2. The zero-order chi connectivity index (χ0) is 13.1. The van der Waals surface area contributed by atoms with E-state index in [0.717, 1.165) is 5.56 Å². The molecule has 0 spiro atoms. The Labute approximate surface area is 120 Å². The summed E-state index contributed by atoms with van der Waals surface area (Å²) in [4.78, 5) is 4.24. The monoisotopic (exact) mass is 296 g/mol. The van der Waals surface area contributed by atoms with Crippen LogP contribution in [-0.2, 0) is 6.42 Å². The van der Waals surface area contributed by atoms with Gasteiger partial charge in [0.1, 0.15) is 0 Å². The lowest BCUT2D eigenvalue weighted by molar-refractivity contribution is 1.19. The van der Waals surface area contributed by atoms with Crippen molar-refractivity contribution in [2.75, 3.05) is 0 Å². The molecule has 2 nitrogen and oxygen atoms in total. The Bertz CT molecular complexity index is 633. The molecule has 0 aliphatic rings. The predicted molar refractivity (Wildman–Crippen MR) is 74.0 cm³/mol. The minimum atomic E-state index is 0.274. The average Bonchev–Trinajstić information content (AvgIpc) is 2.34. The van der Waals surface area contributed by atoms with Crippen molar-refractivity contribution in [2.24, 2.45) is 0 Å². The second kappa shape index (κ2) is 5.58. The first-order valence-corrected chi connectivity index (χ1v) is 6.22. The maximum atomic E-state index is 8.62. The summed E-state index contributed by atoms with van der Waals surface area (Å²) in [5.41, 5.74) is 2.01. The van der Waals surface area contributed by atoms with Gasteiger partial charge in [0.25, 0.3) is 0 Å². The molecular weight excluding hydrogens is 291 g/mol. The summed E-state index contributed by atoms with van der Waals surface area (Å²) in [6.07, 6.45) is 1.89. The number of aromatic nitrogens is 1. The molecule has 0 amide bonds. The molecule has 1 aromatic heterocycles. The fourth-order valence-corrected chi connectivity index (χ4v) is 2.23. The van der Waals surface area contributed by atoms with E-state index in [-0.39, 0.29) is 6.42 Å². The number of halogens is 3. The van der Waals surface area contributed by atoms with E-state index in [1.165, 1.54) is 0 Å². The van der Waals surface area contributed by atoms with Gasteiger partial charge in [-0.3, -0.25) is 4.98 Å². The number of hydrogen-bond donors (Lipinski definition) is 0. The molecule has 0 saturated carbocycles. The molecule has 0 saturated heterocycles. The fraction of sp³-hybridized carbons (Fsp3) is 0.0769. The summed E-state index contributed by atoms with van der Waals surface area (Å²) in [6.45, 7) is 0. The van der Waals surface area contributed by atoms with E-state index in [4.69, 9.17) is 40.1 Å². The molecule has 0 aliphatic carbocycles. The van der Waals surface area contributed by atoms with E-state index in [9.17, 15) is 0 Å². The molecule has 0 radical (unpaired) electrons. The van der Waals surface area contributed by atoms with Gasteiger partial charge in [0.15, 0.2) is 0 Å². The molecule has 0 aliphatic heterocycles. The lowest BCUT2D eigenvalue weighted by atomic mass is 10.1. The van der Waals surface area contributed by atoms with E-state index in [0.29, 0.717) is 26.3 Å². The minimum Gasteiger partial charge on any atom is -0.254 e. The Balaban J connectivity index is 2.52. The minimum absolute atomic E-state index is 0.274. The van der Waals surface area contributed by atoms with Crippen molar-refractivity contribution in [1.82, 2.24) is 4.98 Å². The van der Waals surface area contributed by atoms with Gasteiger partial charge in [-0.05, 0) is 17.7 Å². The van der Waals surface area contributed by atoms with Crippen LogP contribution in [0.15, 0.2) is 30.5 Å². The molecule has 1 heterocycles. The molecule has 0 fully saturated rings. The largest absolute Gasteiger partial charge is 0.254 e. The van der Waals surface area contributed by atoms with Crippen molar-refractivity contribution in [3.63, 3.8) is 0 Å². The van der Waals surface area contributed by atoms with Gasteiger partial charge in [-0.15, -0.1) is 0 Å². The summed E-state index contributed by atoms with van der Waals surface area (Å²) in [5.74, 6) is 0. The molecule has 2 aromatic rings. The Morgan fingerprint density at radius 1 is 1.17 bits per heavy atom. The van der Waals surface area contributed by atoms with Crippen molar-refractivity contribution in [1.29, 1.82) is 5.26 Å². The number of rotatable bonds is 2. The first-order chi connectivity index (χ1) is 8.63. The normalized spacial score (nSPS) is 10.1. The van der Waals surface area contributed by atoms with E-state index in [1.54, 1.807) is 30.5 Å². The van der Waals surface area contributed by atoms with Crippen LogP contribution >= 0.6 is 34.8 Å². The zero-order valence-electron chi connectivity index (χ0n) is 9.12.